The molecule has 0 saturated heterocycles. The van der Waals surface area contributed by atoms with Gasteiger partial charge in [-0.05, 0) is 30.9 Å². The van der Waals surface area contributed by atoms with Gasteiger partial charge in [0.1, 0.15) is 0 Å². The van der Waals surface area contributed by atoms with Crippen LogP contribution in [0.3, 0.4) is 0 Å². The number of carboxylic acid groups (broad SMARTS) is 2. The van der Waals surface area contributed by atoms with Crippen LogP contribution in [0.1, 0.15) is 65.2 Å². The number of carboxylic acids is 2. The van der Waals surface area contributed by atoms with Crippen molar-refractivity contribution in [2.45, 2.75) is 70.8 Å². The number of nitrogens with two attached hydrogens (primary N) is 1. The molecule has 23 heavy (non-hydrogen) atoms. The Bertz CT molecular complexity index is 495. The molecule has 1 rings (SSSR count). The summed E-state index contributed by atoms with van der Waals surface area (Å²) in [5, 5.41) is 19.0. The molecule has 0 bridgehead atoms. The van der Waals surface area contributed by atoms with E-state index in [2.05, 4.69) is 13.8 Å². The average Bonchev–Trinajstić information content (AvgIpc) is 2.48. The van der Waals surface area contributed by atoms with Crippen molar-refractivity contribution in [3.8, 4) is 0 Å². The molecule has 5 nitrogen and oxygen atoms in total. The Hall–Kier alpha value is -1.62. The summed E-state index contributed by atoms with van der Waals surface area (Å²) in [6, 6.07) is 0. The van der Waals surface area contributed by atoms with E-state index in [0.717, 1.165) is 38.5 Å². The van der Waals surface area contributed by atoms with E-state index in [1.807, 2.05) is 0 Å². The summed E-state index contributed by atoms with van der Waals surface area (Å²) in [5.41, 5.74) is 5.99. The Kier molecular flexibility index (Phi) is 7.49. The highest BCUT2D eigenvalue weighted by atomic mass is 16.4. The minimum atomic E-state index is -1.12. The molecule has 0 saturated carbocycles. The van der Waals surface area contributed by atoms with Crippen molar-refractivity contribution in [2.24, 2.45) is 11.7 Å². The van der Waals surface area contributed by atoms with E-state index in [0.29, 0.717) is 18.4 Å². The van der Waals surface area contributed by atoms with Gasteiger partial charge in [-0.3, -0.25) is 4.79 Å². The second-order valence-electron chi connectivity index (χ2n) is 6.40. The van der Waals surface area contributed by atoms with Crippen LogP contribution in [0.5, 0.6) is 0 Å². The third-order valence-corrected chi connectivity index (χ3v) is 4.47. The van der Waals surface area contributed by atoms with Crippen molar-refractivity contribution in [1.82, 2.24) is 0 Å². The number of unbranched alkanes of at least 4 members (excludes halogenated alkanes) is 4. The molecular formula is C18H29NO4. The highest BCUT2D eigenvalue weighted by Gasteiger charge is 2.41. The van der Waals surface area contributed by atoms with Crippen molar-refractivity contribution < 1.29 is 19.8 Å². The van der Waals surface area contributed by atoms with E-state index in [-0.39, 0.29) is 5.57 Å². The van der Waals surface area contributed by atoms with Crippen LogP contribution in [0.2, 0.25) is 0 Å². The lowest BCUT2D eigenvalue weighted by Crippen LogP contribution is -2.50. The number of aliphatic carboxylic acids is 2. The zero-order chi connectivity index (χ0) is 17.5. The molecule has 1 aliphatic carbocycles. The molecule has 1 aliphatic rings. The van der Waals surface area contributed by atoms with Gasteiger partial charge in [0.05, 0.1) is 17.0 Å². The van der Waals surface area contributed by atoms with Gasteiger partial charge < -0.3 is 15.9 Å². The molecular weight excluding hydrogens is 294 g/mol. The van der Waals surface area contributed by atoms with Crippen LogP contribution in [-0.4, -0.2) is 27.7 Å². The lowest BCUT2D eigenvalue weighted by Gasteiger charge is -2.35. The second kappa shape index (κ2) is 8.87. The topological polar surface area (TPSA) is 101 Å². The van der Waals surface area contributed by atoms with Crippen LogP contribution in [0, 0.1) is 5.92 Å². The van der Waals surface area contributed by atoms with Gasteiger partial charge in [-0.2, -0.15) is 0 Å². The summed E-state index contributed by atoms with van der Waals surface area (Å²) in [5.74, 6) is -2.88. The van der Waals surface area contributed by atoms with Gasteiger partial charge in [-0.15, -0.1) is 0 Å². The minimum Gasteiger partial charge on any atom is -0.481 e. The zero-order valence-corrected chi connectivity index (χ0v) is 14.2. The Labute approximate surface area is 138 Å². The average molecular weight is 323 g/mol. The van der Waals surface area contributed by atoms with Crippen molar-refractivity contribution in [3.63, 3.8) is 0 Å². The predicted octanol–water partition coefficient (Wildman–Crippen LogP) is 3.50. The van der Waals surface area contributed by atoms with E-state index in [9.17, 15) is 19.8 Å². The van der Waals surface area contributed by atoms with E-state index in [1.54, 1.807) is 6.08 Å². The Morgan fingerprint density at radius 2 is 1.74 bits per heavy atom. The van der Waals surface area contributed by atoms with Crippen LogP contribution in [0.25, 0.3) is 0 Å². The highest BCUT2D eigenvalue weighted by Crippen LogP contribution is 2.35. The van der Waals surface area contributed by atoms with Crippen LogP contribution in [-0.2, 0) is 9.59 Å². The molecule has 0 aromatic carbocycles. The number of hydrogen-bond acceptors (Lipinski definition) is 3. The molecule has 0 aromatic rings. The van der Waals surface area contributed by atoms with E-state index in [4.69, 9.17) is 5.73 Å². The summed E-state index contributed by atoms with van der Waals surface area (Å²) in [7, 11) is 0. The van der Waals surface area contributed by atoms with Gasteiger partial charge in [-0.1, -0.05) is 52.0 Å². The molecule has 0 aromatic heterocycles. The second-order valence-corrected chi connectivity index (χ2v) is 6.40. The first-order valence-electron chi connectivity index (χ1n) is 8.54. The van der Waals surface area contributed by atoms with Crippen LogP contribution >= 0.6 is 0 Å². The fourth-order valence-electron chi connectivity index (χ4n) is 3.09. The van der Waals surface area contributed by atoms with Gasteiger partial charge in [0, 0.05) is 0 Å². The summed E-state index contributed by atoms with van der Waals surface area (Å²) in [6.07, 6.45) is 9.75. The van der Waals surface area contributed by atoms with Gasteiger partial charge >= 0.3 is 11.9 Å². The molecule has 0 spiro atoms. The smallest absolute Gasteiger partial charge is 0.335 e. The monoisotopic (exact) mass is 323 g/mol. The predicted molar refractivity (Wildman–Crippen MR) is 90.1 cm³/mol. The summed E-state index contributed by atoms with van der Waals surface area (Å²) >= 11 is 0. The number of rotatable bonds is 10. The molecule has 0 aliphatic heterocycles. The van der Waals surface area contributed by atoms with E-state index >= 15 is 0 Å². The number of carbonyl (C=O) groups is 2. The lowest BCUT2D eigenvalue weighted by molar-refractivity contribution is -0.142. The van der Waals surface area contributed by atoms with E-state index < -0.39 is 23.4 Å². The third kappa shape index (κ3) is 5.20. The lowest BCUT2D eigenvalue weighted by atomic mass is 9.73. The first kappa shape index (κ1) is 19.4. The summed E-state index contributed by atoms with van der Waals surface area (Å²) < 4.78 is 0. The van der Waals surface area contributed by atoms with Crippen LogP contribution in [0.4, 0.5) is 0 Å². The van der Waals surface area contributed by atoms with Crippen molar-refractivity contribution in [2.75, 3.05) is 0 Å². The number of hydrogen-bond donors (Lipinski definition) is 3. The van der Waals surface area contributed by atoms with Crippen LogP contribution in [0.15, 0.2) is 23.3 Å². The molecule has 2 atom stereocenters. The van der Waals surface area contributed by atoms with Gasteiger partial charge in [0.15, 0.2) is 0 Å². The molecule has 0 amide bonds. The maximum absolute atomic E-state index is 11.7. The molecule has 0 heterocycles. The van der Waals surface area contributed by atoms with Gasteiger partial charge in [-0.25, -0.2) is 4.79 Å². The molecule has 0 fully saturated rings. The quantitative estimate of drug-likeness (QED) is 0.534. The summed E-state index contributed by atoms with van der Waals surface area (Å²) in [4.78, 5) is 23.2. The zero-order valence-electron chi connectivity index (χ0n) is 14.2. The molecule has 0 radical (unpaired) electrons. The maximum atomic E-state index is 11.7. The van der Waals surface area contributed by atoms with Crippen molar-refractivity contribution in [1.29, 1.82) is 0 Å². The molecule has 5 heteroatoms. The normalized spacial score (nSPS) is 24.0. The fourth-order valence-corrected chi connectivity index (χ4v) is 3.09. The van der Waals surface area contributed by atoms with Gasteiger partial charge in [0.25, 0.3) is 0 Å². The SMILES string of the molecule is CCCCCC1=CC(C(=O)O)C(N)(CCCCC)C=C1C(=O)O. The Balaban J connectivity index is 3.08. The molecule has 130 valence electrons. The maximum Gasteiger partial charge on any atom is 0.335 e. The van der Waals surface area contributed by atoms with Crippen molar-refractivity contribution >= 4 is 11.9 Å². The standard InChI is InChI=1S/C18H29NO4/c1-3-5-7-9-13-11-15(17(22)23)18(19,10-8-6-4-2)12-14(13)16(20)21/h11-12,15H,3-10,19H2,1-2H3,(H,20,21)(H,22,23). The van der Waals surface area contributed by atoms with Crippen LogP contribution < -0.4 is 5.73 Å². The third-order valence-electron chi connectivity index (χ3n) is 4.47. The Morgan fingerprint density at radius 1 is 1.13 bits per heavy atom. The van der Waals surface area contributed by atoms with E-state index in [1.165, 1.54) is 6.08 Å². The fraction of sp³-hybridized carbons (Fsp3) is 0.667. The first-order valence-corrected chi connectivity index (χ1v) is 8.54. The highest BCUT2D eigenvalue weighted by molar-refractivity contribution is 5.93. The molecule has 2 unspecified atom stereocenters. The largest absolute Gasteiger partial charge is 0.481 e. The Morgan fingerprint density at radius 3 is 2.26 bits per heavy atom. The minimum absolute atomic E-state index is 0.178. The van der Waals surface area contributed by atoms with Gasteiger partial charge in [0.2, 0.25) is 0 Å². The molecule has 4 N–H and O–H groups in total. The van der Waals surface area contributed by atoms with Crippen molar-refractivity contribution in [3.05, 3.63) is 23.3 Å². The summed E-state index contributed by atoms with van der Waals surface area (Å²) in [6.45, 7) is 4.13. The first-order chi connectivity index (χ1) is 10.9.